The van der Waals surface area contributed by atoms with Gasteiger partial charge in [-0.25, -0.2) is 4.39 Å². The number of hydrogen-bond acceptors (Lipinski definition) is 2. The number of carbonyl (C=O) groups excluding carboxylic acids is 1. The number of hydrogen-bond donors (Lipinski definition) is 1. The second-order valence-electron chi connectivity index (χ2n) is 7.72. The van der Waals surface area contributed by atoms with Crippen molar-refractivity contribution >= 4 is 16.8 Å². The van der Waals surface area contributed by atoms with E-state index in [2.05, 4.69) is 28.2 Å². The van der Waals surface area contributed by atoms with Crippen LogP contribution in [0, 0.1) is 5.82 Å². The van der Waals surface area contributed by atoms with Crippen LogP contribution in [-0.2, 0) is 22.5 Å². The van der Waals surface area contributed by atoms with Crippen LogP contribution in [0.3, 0.4) is 0 Å². The van der Waals surface area contributed by atoms with E-state index in [1.165, 1.54) is 23.1 Å². The zero-order valence-corrected chi connectivity index (χ0v) is 16.6. The Morgan fingerprint density at radius 2 is 2.00 bits per heavy atom. The predicted octanol–water partition coefficient (Wildman–Crippen LogP) is 4.45. The molecular weight excluding hydrogens is 367 g/mol. The van der Waals surface area contributed by atoms with E-state index in [0.717, 1.165) is 43.4 Å². The molecule has 4 rings (SSSR count). The molecule has 2 heterocycles. The van der Waals surface area contributed by atoms with Gasteiger partial charge in [0.2, 0.25) is 5.91 Å². The second kappa shape index (κ2) is 9.23. The van der Waals surface area contributed by atoms with Gasteiger partial charge in [-0.2, -0.15) is 0 Å². The van der Waals surface area contributed by atoms with E-state index in [1.54, 1.807) is 0 Å². The van der Waals surface area contributed by atoms with Crippen molar-refractivity contribution in [2.24, 2.45) is 0 Å². The van der Waals surface area contributed by atoms with Crippen LogP contribution in [0.1, 0.15) is 36.8 Å². The maximum Gasteiger partial charge on any atom is 0.220 e. The molecule has 1 aliphatic rings. The van der Waals surface area contributed by atoms with E-state index < -0.39 is 0 Å². The van der Waals surface area contributed by atoms with Gasteiger partial charge >= 0.3 is 0 Å². The van der Waals surface area contributed by atoms with Crippen LogP contribution in [0.15, 0.2) is 54.7 Å². The summed E-state index contributed by atoms with van der Waals surface area (Å²) < 4.78 is 20.9. The maximum atomic E-state index is 13.2. The Morgan fingerprint density at radius 1 is 1.17 bits per heavy atom. The van der Waals surface area contributed by atoms with Gasteiger partial charge in [0.15, 0.2) is 0 Å². The fraction of sp³-hybridized carbons (Fsp3) is 0.375. The highest BCUT2D eigenvalue weighted by Crippen LogP contribution is 2.24. The lowest BCUT2D eigenvalue weighted by Gasteiger charge is -2.10. The molecular formula is C24H27FN2O2. The molecule has 1 N–H and O–H groups in total. The minimum Gasteiger partial charge on any atom is -0.376 e. The first-order chi connectivity index (χ1) is 14.2. The predicted molar refractivity (Wildman–Crippen MR) is 112 cm³/mol. The largest absolute Gasteiger partial charge is 0.376 e. The summed E-state index contributed by atoms with van der Waals surface area (Å²) in [7, 11) is 0. The van der Waals surface area contributed by atoms with Gasteiger partial charge in [0, 0.05) is 43.2 Å². The lowest BCUT2D eigenvalue weighted by molar-refractivity contribution is -0.121. The number of aryl methyl sites for hydroxylation is 1. The maximum absolute atomic E-state index is 13.2. The number of benzene rings is 2. The van der Waals surface area contributed by atoms with Crippen LogP contribution in [0.2, 0.25) is 0 Å². The number of halogens is 1. The van der Waals surface area contributed by atoms with Crippen LogP contribution in [0.25, 0.3) is 10.9 Å². The third kappa shape index (κ3) is 5.04. The minimum absolute atomic E-state index is 0.0931. The van der Waals surface area contributed by atoms with Crippen molar-refractivity contribution < 1.29 is 13.9 Å². The summed E-state index contributed by atoms with van der Waals surface area (Å²) >= 11 is 0. The van der Waals surface area contributed by atoms with Crippen molar-refractivity contribution in [3.05, 3.63) is 71.7 Å². The number of amides is 1. The normalized spacial score (nSPS) is 16.4. The molecule has 4 nitrogen and oxygen atoms in total. The molecule has 1 fully saturated rings. The molecule has 2 aromatic carbocycles. The van der Waals surface area contributed by atoms with Crippen molar-refractivity contribution in [1.29, 1.82) is 0 Å². The number of ether oxygens (including phenoxy) is 1. The summed E-state index contributed by atoms with van der Waals surface area (Å²) in [5, 5.41) is 4.21. The number of fused-ring (bicyclic) bond motifs is 1. The van der Waals surface area contributed by atoms with Crippen LogP contribution >= 0.6 is 0 Å². The standard InChI is InChI=1S/C24H27FN2O2/c25-20-12-10-18(11-13-20)16-27-17-19(22-7-1-2-8-23(22)27)5-3-9-24(28)26-15-21-6-4-14-29-21/h1-2,7-8,10-13,17,21H,3-6,9,14-16H2,(H,26,28). The zero-order chi connectivity index (χ0) is 20.1. The number of nitrogens with one attached hydrogen (secondary N) is 1. The molecule has 152 valence electrons. The van der Waals surface area contributed by atoms with E-state index in [0.29, 0.717) is 19.5 Å². The average molecular weight is 394 g/mol. The summed E-state index contributed by atoms with van der Waals surface area (Å²) in [6.07, 6.45) is 6.65. The van der Waals surface area contributed by atoms with Crippen molar-refractivity contribution in [2.45, 2.75) is 44.8 Å². The molecule has 0 saturated carbocycles. The topological polar surface area (TPSA) is 43.3 Å². The quantitative estimate of drug-likeness (QED) is 0.614. The first kappa shape index (κ1) is 19.6. The van der Waals surface area contributed by atoms with Gasteiger partial charge in [-0.15, -0.1) is 0 Å². The molecule has 1 saturated heterocycles. The molecule has 3 aromatic rings. The van der Waals surface area contributed by atoms with E-state index in [1.807, 2.05) is 24.3 Å². The van der Waals surface area contributed by atoms with Gasteiger partial charge < -0.3 is 14.6 Å². The van der Waals surface area contributed by atoms with Gasteiger partial charge in [-0.1, -0.05) is 30.3 Å². The molecule has 29 heavy (non-hydrogen) atoms. The Bertz CT molecular complexity index is 959. The minimum atomic E-state index is -0.218. The van der Waals surface area contributed by atoms with Gasteiger partial charge in [0.1, 0.15) is 5.82 Å². The highest BCUT2D eigenvalue weighted by molar-refractivity contribution is 5.84. The van der Waals surface area contributed by atoms with E-state index in [4.69, 9.17) is 4.74 Å². The smallest absolute Gasteiger partial charge is 0.220 e. The van der Waals surface area contributed by atoms with E-state index in [-0.39, 0.29) is 17.8 Å². The molecule has 0 aliphatic carbocycles. The number of para-hydroxylation sites is 1. The fourth-order valence-corrected chi connectivity index (χ4v) is 4.00. The summed E-state index contributed by atoms with van der Waals surface area (Å²) in [6, 6.07) is 15.0. The van der Waals surface area contributed by atoms with Crippen molar-refractivity contribution in [1.82, 2.24) is 9.88 Å². The summed E-state index contributed by atoms with van der Waals surface area (Å²) in [5.74, 6) is -0.125. The Hall–Kier alpha value is -2.66. The number of nitrogens with zero attached hydrogens (tertiary/aromatic N) is 1. The number of rotatable bonds is 8. The Morgan fingerprint density at radius 3 is 2.79 bits per heavy atom. The van der Waals surface area contributed by atoms with Crippen LogP contribution in [-0.4, -0.2) is 29.7 Å². The van der Waals surface area contributed by atoms with Crippen molar-refractivity contribution in [3.63, 3.8) is 0 Å². The highest BCUT2D eigenvalue weighted by atomic mass is 19.1. The fourth-order valence-electron chi connectivity index (χ4n) is 4.00. The lowest BCUT2D eigenvalue weighted by Crippen LogP contribution is -2.31. The molecule has 5 heteroatoms. The van der Waals surface area contributed by atoms with E-state index >= 15 is 0 Å². The summed E-state index contributed by atoms with van der Waals surface area (Å²) in [4.78, 5) is 12.1. The molecule has 1 aliphatic heterocycles. The first-order valence-electron chi connectivity index (χ1n) is 10.4. The lowest BCUT2D eigenvalue weighted by atomic mass is 10.1. The average Bonchev–Trinajstić information content (AvgIpc) is 3.37. The number of carbonyl (C=O) groups is 1. The van der Waals surface area contributed by atoms with Crippen LogP contribution in [0.4, 0.5) is 4.39 Å². The molecule has 0 bridgehead atoms. The zero-order valence-electron chi connectivity index (χ0n) is 16.6. The van der Waals surface area contributed by atoms with Crippen molar-refractivity contribution in [2.75, 3.05) is 13.2 Å². The molecule has 1 atom stereocenters. The highest BCUT2D eigenvalue weighted by Gasteiger charge is 2.16. The van der Waals surface area contributed by atoms with Gasteiger partial charge in [0.25, 0.3) is 0 Å². The molecule has 1 aromatic heterocycles. The Labute approximate surface area is 170 Å². The third-order valence-corrected chi connectivity index (χ3v) is 5.54. The SMILES string of the molecule is O=C(CCCc1cn(Cc2ccc(F)cc2)c2ccccc12)NCC1CCCO1. The monoisotopic (exact) mass is 394 g/mol. The van der Waals surface area contributed by atoms with E-state index in [9.17, 15) is 9.18 Å². The van der Waals surface area contributed by atoms with Gasteiger partial charge in [-0.05, 0) is 55.0 Å². The summed E-state index contributed by atoms with van der Waals surface area (Å²) in [5.41, 5.74) is 3.47. The second-order valence-corrected chi connectivity index (χ2v) is 7.72. The number of aromatic nitrogens is 1. The van der Waals surface area contributed by atoms with Gasteiger partial charge in [0.05, 0.1) is 6.10 Å². The van der Waals surface area contributed by atoms with Gasteiger partial charge in [-0.3, -0.25) is 4.79 Å². The first-order valence-corrected chi connectivity index (χ1v) is 10.4. The molecule has 1 unspecified atom stereocenters. The Kier molecular flexibility index (Phi) is 6.25. The Balaban J connectivity index is 1.37. The third-order valence-electron chi connectivity index (χ3n) is 5.54. The molecule has 0 spiro atoms. The molecule has 1 amide bonds. The molecule has 0 radical (unpaired) electrons. The van der Waals surface area contributed by atoms with Crippen molar-refractivity contribution in [3.8, 4) is 0 Å². The summed E-state index contributed by atoms with van der Waals surface area (Å²) in [6.45, 7) is 2.13. The van der Waals surface area contributed by atoms with Crippen LogP contribution < -0.4 is 5.32 Å². The van der Waals surface area contributed by atoms with Crippen LogP contribution in [0.5, 0.6) is 0 Å².